The molecule has 2 rings (SSSR count). The molecule has 0 saturated heterocycles. The van der Waals surface area contributed by atoms with E-state index in [9.17, 15) is 8.42 Å². The number of pyridine rings is 1. The van der Waals surface area contributed by atoms with E-state index in [2.05, 4.69) is 22.1 Å². The van der Waals surface area contributed by atoms with Gasteiger partial charge in [0, 0.05) is 12.2 Å². The fourth-order valence-corrected chi connectivity index (χ4v) is 4.39. The standard InChI is InChI=1S/C13H21ClN4O2S/c1-2-9-5-3-4-6-12(9)18-21(19,20)10-7-11(14)13(17-15)16-8-10/h7-9,12,18H,2-6,15H2,1H3,(H,16,17). The zero-order valence-corrected chi connectivity index (χ0v) is 13.5. The minimum atomic E-state index is -3.62. The van der Waals surface area contributed by atoms with Crippen molar-refractivity contribution in [3.05, 3.63) is 17.3 Å². The maximum Gasteiger partial charge on any atom is 0.242 e. The van der Waals surface area contributed by atoms with Gasteiger partial charge >= 0.3 is 0 Å². The van der Waals surface area contributed by atoms with Crippen molar-refractivity contribution in [3.8, 4) is 0 Å². The van der Waals surface area contributed by atoms with Crippen LogP contribution in [0.5, 0.6) is 0 Å². The van der Waals surface area contributed by atoms with E-state index in [1.807, 2.05) is 0 Å². The molecule has 1 aromatic heterocycles. The molecule has 1 aliphatic carbocycles. The SMILES string of the molecule is CCC1CCCCC1NS(=O)(=O)c1cnc(NN)c(Cl)c1. The van der Waals surface area contributed by atoms with E-state index in [0.717, 1.165) is 25.7 Å². The summed E-state index contributed by atoms with van der Waals surface area (Å²) in [7, 11) is -3.62. The number of halogens is 1. The first-order valence-corrected chi connectivity index (χ1v) is 8.98. The van der Waals surface area contributed by atoms with Crippen LogP contribution in [0.2, 0.25) is 5.02 Å². The molecule has 1 aliphatic rings. The molecule has 1 saturated carbocycles. The highest BCUT2D eigenvalue weighted by Gasteiger charge is 2.28. The number of nitrogens with zero attached hydrogens (tertiary/aromatic N) is 1. The summed E-state index contributed by atoms with van der Waals surface area (Å²) in [6, 6.07) is 1.34. The Morgan fingerprint density at radius 3 is 2.76 bits per heavy atom. The van der Waals surface area contributed by atoms with Gasteiger partial charge in [-0.15, -0.1) is 0 Å². The summed E-state index contributed by atoms with van der Waals surface area (Å²) in [5.41, 5.74) is 2.31. The lowest BCUT2D eigenvalue weighted by Gasteiger charge is -2.31. The lowest BCUT2D eigenvalue weighted by molar-refractivity contribution is 0.282. The van der Waals surface area contributed by atoms with Gasteiger partial charge in [-0.1, -0.05) is 37.8 Å². The highest BCUT2D eigenvalue weighted by Crippen LogP contribution is 2.28. The second kappa shape index (κ2) is 6.91. The van der Waals surface area contributed by atoms with E-state index in [-0.39, 0.29) is 21.8 Å². The number of nitrogen functional groups attached to an aromatic ring is 1. The van der Waals surface area contributed by atoms with Crippen LogP contribution >= 0.6 is 11.6 Å². The second-order valence-corrected chi connectivity index (χ2v) is 7.45. The van der Waals surface area contributed by atoms with Crippen LogP contribution in [0.25, 0.3) is 0 Å². The maximum atomic E-state index is 12.5. The third-order valence-electron chi connectivity index (χ3n) is 4.00. The van der Waals surface area contributed by atoms with Gasteiger partial charge in [-0.05, 0) is 24.8 Å². The first kappa shape index (κ1) is 16.5. The van der Waals surface area contributed by atoms with E-state index in [1.54, 1.807) is 0 Å². The lowest BCUT2D eigenvalue weighted by atomic mass is 9.83. The minimum Gasteiger partial charge on any atom is -0.307 e. The number of aromatic nitrogens is 1. The normalized spacial score (nSPS) is 23.0. The number of hydrazine groups is 1. The molecule has 0 bridgehead atoms. The topological polar surface area (TPSA) is 97.1 Å². The molecule has 6 nitrogen and oxygen atoms in total. The summed E-state index contributed by atoms with van der Waals surface area (Å²) in [5.74, 6) is 5.87. The predicted octanol–water partition coefficient (Wildman–Crippen LogP) is 2.27. The summed E-state index contributed by atoms with van der Waals surface area (Å²) in [6.07, 6.45) is 6.40. The minimum absolute atomic E-state index is 0.0140. The molecule has 8 heteroatoms. The summed E-state index contributed by atoms with van der Waals surface area (Å²) >= 11 is 5.94. The van der Waals surface area contributed by atoms with Crippen molar-refractivity contribution >= 4 is 27.4 Å². The van der Waals surface area contributed by atoms with E-state index in [1.165, 1.54) is 18.7 Å². The molecule has 0 spiro atoms. The van der Waals surface area contributed by atoms with E-state index in [0.29, 0.717) is 5.92 Å². The molecule has 0 aliphatic heterocycles. The van der Waals surface area contributed by atoms with Gasteiger partial charge < -0.3 is 5.43 Å². The first-order chi connectivity index (χ1) is 9.97. The van der Waals surface area contributed by atoms with Crippen LogP contribution in [-0.2, 0) is 10.0 Å². The Balaban J connectivity index is 2.19. The fraction of sp³-hybridized carbons (Fsp3) is 0.615. The van der Waals surface area contributed by atoms with Gasteiger partial charge in [-0.2, -0.15) is 0 Å². The van der Waals surface area contributed by atoms with Crippen molar-refractivity contribution in [1.29, 1.82) is 0 Å². The smallest absolute Gasteiger partial charge is 0.242 e. The summed E-state index contributed by atoms with van der Waals surface area (Å²) in [6.45, 7) is 2.09. The summed E-state index contributed by atoms with van der Waals surface area (Å²) in [5, 5.41) is 0.177. The average Bonchev–Trinajstić information content (AvgIpc) is 2.47. The Morgan fingerprint density at radius 1 is 1.43 bits per heavy atom. The van der Waals surface area contributed by atoms with Crippen molar-refractivity contribution in [2.75, 3.05) is 5.43 Å². The van der Waals surface area contributed by atoms with Crippen molar-refractivity contribution in [2.45, 2.75) is 50.0 Å². The number of anilines is 1. The molecule has 2 unspecified atom stereocenters. The highest BCUT2D eigenvalue weighted by atomic mass is 35.5. The molecule has 118 valence electrons. The fourth-order valence-electron chi connectivity index (χ4n) is 2.79. The van der Waals surface area contributed by atoms with Crippen molar-refractivity contribution in [3.63, 3.8) is 0 Å². The highest BCUT2D eigenvalue weighted by molar-refractivity contribution is 7.89. The molecule has 1 heterocycles. The maximum absolute atomic E-state index is 12.5. The third kappa shape index (κ3) is 3.85. The van der Waals surface area contributed by atoms with Gasteiger partial charge in [-0.25, -0.2) is 24.0 Å². The Labute approximate surface area is 130 Å². The van der Waals surface area contributed by atoms with E-state index >= 15 is 0 Å². The Morgan fingerprint density at radius 2 is 2.14 bits per heavy atom. The molecule has 0 aromatic carbocycles. The van der Waals surface area contributed by atoms with Crippen LogP contribution in [0.15, 0.2) is 17.2 Å². The van der Waals surface area contributed by atoms with Crippen LogP contribution in [0.1, 0.15) is 39.0 Å². The predicted molar refractivity (Wildman–Crippen MR) is 83.4 cm³/mol. The molecular weight excluding hydrogens is 312 g/mol. The molecule has 21 heavy (non-hydrogen) atoms. The quantitative estimate of drug-likeness (QED) is 0.567. The van der Waals surface area contributed by atoms with Crippen LogP contribution in [0, 0.1) is 5.92 Å². The molecule has 0 amide bonds. The second-order valence-electron chi connectivity index (χ2n) is 5.33. The van der Waals surface area contributed by atoms with Crippen LogP contribution in [0.3, 0.4) is 0 Å². The Kier molecular flexibility index (Phi) is 5.43. The number of nitrogens with two attached hydrogens (primary N) is 1. The summed E-state index contributed by atoms with van der Waals surface area (Å²) < 4.78 is 27.7. The molecule has 0 radical (unpaired) electrons. The van der Waals surface area contributed by atoms with E-state index < -0.39 is 10.0 Å². The van der Waals surface area contributed by atoms with Crippen molar-refractivity contribution in [1.82, 2.24) is 9.71 Å². The van der Waals surface area contributed by atoms with Gasteiger partial charge in [0.15, 0.2) is 5.82 Å². The number of hydrogen-bond donors (Lipinski definition) is 3. The van der Waals surface area contributed by atoms with Gasteiger partial charge in [0.1, 0.15) is 4.90 Å². The zero-order valence-electron chi connectivity index (χ0n) is 12.0. The third-order valence-corrected chi connectivity index (χ3v) is 5.75. The van der Waals surface area contributed by atoms with Gasteiger partial charge in [0.2, 0.25) is 10.0 Å². The summed E-state index contributed by atoms with van der Waals surface area (Å²) in [4.78, 5) is 3.97. The first-order valence-electron chi connectivity index (χ1n) is 7.12. The molecule has 1 aromatic rings. The number of rotatable bonds is 5. The van der Waals surface area contributed by atoms with Gasteiger partial charge in [-0.3, -0.25) is 0 Å². The van der Waals surface area contributed by atoms with Crippen molar-refractivity contribution < 1.29 is 8.42 Å². The largest absolute Gasteiger partial charge is 0.307 e. The van der Waals surface area contributed by atoms with E-state index in [4.69, 9.17) is 17.4 Å². The average molecular weight is 333 g/mol. The molecule has 1 fully saturated rings. The Bertz CT molecular complexity index is 594. The van der Waals surface area contributed by atoms with Crippen LogP contribution in [-0.4, -0.2) is 19.4 Å². The van der Waals surface area contributed by atoms with Gasteiger partial charge in [0.25, 0.3) is 0 Å². The molecule has 4 N–H and O–H groups in total. The monoisotopic (exact) mass is 332 g/mol. The van der Waals surface area contributed by atoms with Crippen LogP contribution < -0.4 is 16.0 Å². The number of sulfonamides is 1. The molecular formula is C13H21ClN4O2S. The zero-order chi connectivity index (χ0) is 15.5. The lowest BCUT2D eigenvalue weighted by Crippen LogP contribution is -2.41. The van der Waals surface area contributed by atoms with Crippen LogP contribution in [0.4, 0.5) is 5.82 Å². The van der Waals surface area contributed by atoms with Crippen molar-refractivity contribution in [2.24, 2.45) is 11.8 Å². The number of nitrogens with one attached hydrogen (secondary N) is 2. The van der Waals surface area contributed by atoms with Gasteiger partial charge in [0.05, 0.1) is 5.02 Å². The molecule has 2 atom stereocenters. The number of hydrogen-bond acceptors (Lipinski definition) is 5. The Hall–Kier alpha value is -0.890.